The maximum atomic E-state index is 9.67. The predicted octanol–water partition coefficient (Wildman–Crippen LogP) is 4.64. The number of hydrogen-bond acceptors (Lipinski definition) is 1. The lowest BCUT2D eigenvalue weighted by Gasteiger charge is -2.38. The zero-order chi connectivity index (χ0) is 14.1. The molecular weight excluding hydrogens is 232 g/mol. The first-order valence-corrected chi connectivity index (χ1v) is 7.56. The van der Waals surface area contributed by atoms with Crippen molar-refractivity contribution in [3.05, 3.63) is 35.4 Å². The molecule has 0 spiro atoms. The largest absolute Gasteiger partial charge is 0.395 e. The Hall–Kier alpha value is -0.820. The topological polar surface area (TPSA) is 20.2 Å². The van der Waals surface area contributed by atoms with E-state index >= 15 is 0 Å². The van der Waals surface area contributed by atoms with Crippen LogP contribution in [0.3, 0.4) is 0 Å². The fourth-order valence-electron chi connectivity index (χ4n) is 3.52. The van der Waals surface area contributed by atoms with Gasteiger partial charge in [0.15, 0.2) is 0 Å². The lowest BCUT2D eigenvalue weighted by molar-refractivity contribution is 0.206. The first kappa shape index (κ1) is 14.6. The van der Waals surface area contributed by atoms with Crippen molar-refractivity contribution in [1.82, 2.24) is 0 Å². The van der Waals surface area contributed by atoms with Crippen LogP contribution < -0.4 is 0 Å². The van der Waals surface area contributed by atoms with Gasteiger partial charge in [-0.1, -0.05) is 58.4 Å². The van der Waals surface area contributed by atoms with Crippen LogP contribution in [0.25, 0.3) is 0 Å². The summed E-state index contributed by atoms with van der Waals surface area (Å²) in [6.45, 7) is 9.26. The van der Waals surface area contributed by atoms with E-state index in [-0.39, 0.29) is 12.0 Å². The number of aliphatic hydroxyl groups excluding tert-OH is 1. The Kier molecular flexibility index (Phi) is 4.06. The van der Waals surface area contributed by atoms with Gasteiger partial charge in [-0.25, -0.2) is 0 Å². The second kappa shape index (κ2) is 5.28. The number of benzene rings is 1. The van der Waals surface area contributed by atoms with E-state index in [4.69, 9.17) is 0 Å². The van der Waals surface area contributed by atoms with Crippen LogP contribution in [0.4, 0.5) is 0 Å². The summed E-state index contributed by atoms with van der Waals surface area (Å²) < 4.78 is 0. The molecule has 0 radical (unpaired) electrons. The lowest BCUT2D eigenvalue weighted by Crippen LogP contribution is -2.27. The van der Waals surface area contributed by atoms with Crippen molar-refractivity contribution >= 4 is 0 Å². The molecule has 0 aliphatic heterocycles. The Morgan fingerprint density at radius 2 is 1.95 bits per heavy atom. The highest BCUT2D eigenvalue weighted by molar-refractivity contribution is 5.36. The highest BCUT2D eigenvalue weighted by Crippen LogP contribution is 2.45. The zero-order valence-electron chi connectivity index (χ0n) is 12.9. The fourth-order valence-corrected chi connectivity index (χ4v) is 3.52. The molecule has 1 fully saturated rings. The molecule has 106 valence electrons. The molecule has 1 aromatic carbocycles. The minimum Gasteiger partial charge on any atom is -0.395 e. The molecule has 0 heterocycles. The monoisotopic (exact) mass is 260 g/mol. The van der Waals surface area contributed by atoms with Gasteiger partial charge in [0.2, 0.25) is 0 Å². The summed E-state index contributed by atoms with van der Waals surface area (Å²) >= 11 is 0. The summed E-state index contributed by atoms with van der Waals surface area (Å²) in [7, 11) is 0. The van der Waals surface area contributed by atoms with Crippen LogP contribution >= 0.6 is 0 Å². The summed E-state index contributed by atoms with van der Waals surface area (Å²) in [6.07, 6.45) is 5.23. The van der Waals surface area contributed by atoms with Gasteiger partial charge in [0, 0.05) is 5.41 Å². The second-order valence-corrected chi connectivity index (χ2v) is 7.59. The Labute approximate surface area is 118 Å². The minimum atomic E-state index is -0.141. The highest BCUT2D eigenvalue weighted by Gasteiger charge is 2.32. The molecule has 0 bridgehead atoms. The zero-order valence-corrected chi connectivity index (χ0v) is 12.9. The van der Waals surface area contributed by atoms with Crippen molar-refractivity contribution < 1.29 is 5.11 Å². The van der Waals surface area contributed by atoms with Gasteiger partial charge in [-0.15, -0.1) is 0 Å². The lowest BCUT2D eigenvalue weighted by atomic mass is 9.67. The van der Waals surface area contributed by atoms with E-state index in [9.17, 15) is 5.11 Å². The summed E-state index contributed by atoms with van der Waals surface area (Å²) in [6, 6.07) is 8.73. The number of hydrogen-bond donors (Lipinski definition) is 1. The highest BCUT2D eigenvalue weighted by atomic mass is 16.3. The van der Waals surface area contributed by atoms with E-state index in [1.54, 1.807) is 0 Å². The Balaban J connectivity index is 2.35. The van der Waals surface area contributed by atoms with Crippen LogP contribution in [0.2, 0.25) is 0 Å². The quantitative estimate of drug-likeness (QED) is 0.839. The Morgan fingerprint density at radius 1 is 1.26 bits per heavy atom. The molecule has 1 aliphatic rings. The second-order valence-electron chi connectivity index (χ2n) is 7.59. The van der Waals surface area contributed by atoms with Crippen molar-refractivity contribution in [2.24, 2.45) is 5.41 Å². The normalized spacial score (nSPS) is 23.3. The van der Waals surface area contributed by atoms with E-state index in [1.165, 1.54) is 36.8 Å². The van der Waals surface area contributed by atoms with E-state index < -0.39 is 0 Å². The van der Waals surface area contributed by atoms with Gasteiger partial charge in [-0.2, -0.15) is 0 Å². The Bertz CT molecular complexity index is 431. The first-order chi connectivity index (χ1) is 8.86. The molecule has 1 heteroatoms. The third-order valence-electron chi connectivity index (χ3n) is 4.73. The molecule has 1 aromatic rings. The third-order valence-corrected chi connectivity index (χ3v) is 4.73. The fraction of sp³-hybridized carbons (Fsp3) is 0.667. The number of aliphatic hydroxyl groups is 1. The van der Waals surface area contributed by atoms with Crippen LogP contribution in [-0.2, 0) is 5.41 Å². The van der Waals surface area contributed by atoms with Crippen molar-refractivity contribution in [1.29, 1.82) is 0 Å². The average molecular weight is 260 g/mol. The van der Waals surface area contributed by atoms with Gasteiger partial charge in [-0.3, -0.25) is 0 Å². The van der Waals surface area contributed by atoms with Gasteiger partial charge >= 0.3 is 0 Å². The average Bonchev–Trinajstić information content (AvgIpc) is 2.37. The third kappa shape index (κ3) is 3.20. The maximum Gasteiger partial charge on any atom is 0.0522 e. The van der Waals surface area contributed by atoms with Crippen LogP contribution in [0.5, 0.6) is 0 Å². The van der Waals surface area contributed by atoms with Crippen molar-refractivity contribution in [2.45, 2.75) is 64.7 Å². The number of rotatable bonds is 3. The molecule has 1 aliphatic carbocycles. The van der Waals surface area contributed by atoms with Crippen molar-refractivity contribution in [3.8, 4) is 0 Å². The Morgan fingerprint density at radius 3 is 2.58 bits per heavy atom. The summed E-state index contributed by atoms with van der Waals surface area (Å²) in [5, 5.41) is 9.67. The predicted molar refractivity (Wildman–Crippen MR) is 81.5 cm³/mol. The van der Waals surface area contributed by atoms with Crippen LogP contribution in [-0.4, -0.2) is 11.7 Å². The van der Waals surface area contributed by atoms with Gasteiger partial charge < -0.3 is 5.11 Å². The first-order valence-electron chi connectivity index (χ1n) is 7.56. The molecule has 0 aromatic heterocycles. The van der Waals surface area contributed by atoms with Gasteiger partial charge in [-0.05, 0) is 41.7 Å². The van der Waals surface area contributed by atoms with E-state index in [0.717, 1.165) is 0 Å². The molecule has 1 atom stereocenters. The minimum absolute atomic E-state index is 0.141. The van der Waals surface area contributed by atoms with Crippen LogP contribution in [0.1, 0.15) is 70.4 Å². The van der Waals surface area contributed by atoms with Gasteiger partial charge in [0.25, 0.3) is 0 Å². The molecule has 1 saturated carbocycles. The van der Waals surface area contributed by atoms with Gasteiger partial charge in [0.05, 0.1) is 6.61 Å². The molecule has 19 heavy (non-hydrogen) atoms. The summed E-state index contributed by atoms with van der Waals surface area (Å²) in [5.41, 5.74) is 3.12. The van der Waals surface area contributed by atoms with E-state index in [1.807, 2.05) is 0 Å². The van der Waals surface area contributed by atoms with Crippen molar-refractivity contribution in [3.63, 3.8) is 0 Å². The van der Waals surface area contributed by atoms with E-state index in [0.29, 0.717) is 11.3 Å². The van der Waals surface area contributed by atoms with Crippen LogP contribution in [0.15, 0.2) is 24.3 Å². The maximum absolute atomic E-state index is 9.67. The summed E-state index contributed by atoms with van der Waals surface area (Å²) in [5.74, 6) is 0.658. The molecule has 1 N–H and O–H groups in total. The molecule has 0 saturated heterocycles. The van der Waals surface area contributed by atoms with Gasteiger partial charge in [0.1, 0.15) is 0 Å². The SMILES string of the molecule is CC1(C)CCCC(c2ccccc2C(C)(C)CO)C1. The smallest absolute Gasteiger partial charge is 0.0522 e. The van der Waals surface area contributed by atoms with E-state index in [2.05, 4.69) is 52.0 Å². The van der Waals surface area contributed by atoms with Crippen molar-refractivity contribution in [2.75, 3.05) is 6.61 Å². The molecular formula is C18H28O. The molecule has 1 nitrogen and oxygen atoms in total. The molecule has 2 rings (SSSR count). The standard InChI is InChI=1S/C18H28O/c1-17(2)11-7-8-14(12-17)15-9-5-6-10-16(15)18(3,4)13-19/h5-6,9-10,14,19H,7-8,11-13H2,1-4H3. The molecule has 1 unspecified atom stereocenters. The summed E-state index contributed by atoms with van der Waals surface area (Å²) in [4.78, 5) is 0. The van der Waals surface area contributed by atoms with Crippen LogP contribution in [0, 0.1) is 5.41 Å². The molecule has 0 amide bonds.